The Morgan fingerprint density at radius 2 is 2.44 bits per heavy atom. The summed E-state index contributed by atoms with van der Waals surface area (Å²) < 4.78 is 0.778. The minimum atomic E-state index is -0.0286. The Morgan fingerprint density at radius 1 is 1.61 bits per heavy atom. The number of amides is 1. The second-order valence-corrected chi connectivity index (χ2v) is 7.09. The van der Waals surface area contributed by atoms with E-state index >= 15 is 0 Å². The van der Waals surface area contributed by atoms with Crippen LogP contribution < -0.4 is 5.32 Å². The van der Waals surface area contributed by atoms with Crippen molar-refractivity contribution in [3.8, 4) is 0 Å². The zero-order valence-electron chi connectivity index (χ0n) is 10.3. The summed E-state index contributed by atoms with van der Waals surface area (Å²) in [5.41, 5.74) is 0. The molecule has 0 bridgehead atoms. The van der Waals surface area contributed by atoms with Gasteiger partial charge in [-0.25, -0.2) is 0 Å². The van der Waals surface area contributed by atoms with E-state index in [0.29, 0.717) is 6.54 Å². The number of carbonyl (C=O) groups excluding carboxylic acids is 1. The predicted molar refractivity (Wildman–Crippen MR) is 79.5 cm³/mol. The number of hydrogen-bond donors (Lipinski definition) is 1. The van der Waals surface area contributed by atoms with E-state index in [1.54, 1.807) is 11.3 Å². The Balaban J connectivity index is 1.96. The Morgan fingerprint density at radius 3 is 3.00 bits per heavy atom. The van der Waals surface area contributed by atoms with E-state index in [-0.39, 0.29) is 11.9 Å². The molecule has 18 heavy (non-hydrogen) atoms. The van der Waals surface area contributed by atoms with Crippen molar-refractivity contribution in [1.82, 2.24) is 10.2 Å². The van der Waals surface area contributed by atoms with Gasteiger partial charge in [0.15, 0.2) is 0 Å². The normalized spacial score (nSPS) is 19.8. The van der Waals surface area contributed by atoms with Gasteiger partial charge in [-0.1, -0.05) is 11.6 Å². The molecule has 0 spiro atoms. The number of nitrogens with one attached hydrogen (secondary N) is 1. The highest BCUT2D eigenvalue weighted by Crippen LogP contribution is 2.23. The number of nitrogens with zero attached hydrogens (tertiary/aromatic N) is 1. The molecule has 2 heterocycles. The minimum absolute atomic E-state index is 0.0286. The highest BCUT2D eigenvalue weighted by atomic mass is 35.5. The smallest absolute Gasteiger partial charge is 0.240 e. The number of thioether (sulfide) groups is 1. The van der Waals surface area contributed by atoms with Crippen LogP contribution >= 0.6 is 34.7 Å². The van der Waals surface area contributed by atoms with Crippen molar-refractivity contribution in [1.29, 1.82) is 0 Å². The van der Waals surface area contributed by atoms with Crippen LogP contribution in [0, 0.1) is 0 Å². The van der Waals surface area contributed by atoms with Gasteiger partial charge >= 0.3 is 0 Å². The summed E-state index contributed by atoms with van der Waals surface area (Å²) in [7, 11) is 0. The zero-order chi connectivity index (χ0) is 13.0. The highest BCUT2D eigenvalue weighted by Gasteiger charge is 2.25. The second-order valence-electron chi connectivity index (χ2n) is 4.14. The molecule has 0 aromatic carbocycles. The third-order valence-electron chi connectivity index (χ3n) is 2.89. The summed E-state index contributed by atoms with van der Waals surface area (Å²) in [5, 5.41) is 3.29. The van der Waals surface area contributed by atoms with Gasteiger partial charge in [-0.3, -0.25) is 4.79 Å². The van der Waals surface area contributed by atoms with Gasteiger partial charge in [-0.2, -0.15) is 11.8 Å². The molecular weight excluding hydrogens is 288 g/mol. The molecule has 100 valence electrons. The van der Waals surface area contributed by atoms with Crippen LogP contribution in [0.15, 0.2) is 12.1 Å². The lowest BCUT2D eigenvalue weighted by Gasteiger charge is -2.28. The molecule has 1 unspecified atom stereocenters. The molecule has 1 aliphatic rings. The standard InChI is InChI=1S/C12H17ClN2OS2/c1-2-15(7-9-3-4-11(13)18-9)12(16)10-8-17-6-5-14-10/h3-4,10,14H,2,5-8H2,1H3. The summed E-state index contributed by atoms with van der Waals surface area (Å²) in [6.45, 7) is 4.33. The summed E-state index contributed by atoms with van der Waals surface area (Å²) >= 11 is 9.30. The van der Waals surface area contributed by atoms with Crippen LogP contribution in [0.2, 0.25) is 4.34 Å². The average molecular weight is 305 g/mol. The van der Waals surface area contributed by atoms with E-state index < -0.39 is 0 Å². The lowest BCUT2D eigenvalue weighted by atomic mass is 10.2. The first-order chi connectivity index (χ1) is 8.70. The Bertz CT molecular complexity index is 405. The lowest BCUT2D eigenvalue weighted by Crippen LogP contribution is -2.50. The van der Waals surface area contributed by atoms with E-state index in [1.807, 2.05) is 35.7 Å². The molecule has 6 heteroatoms. The molecule has 1 aromatic heterocycles. The van der Waals surface area contributed by atoms with Crippen LogP contribution in [-0.4, -0.2) is 41.4 Å². The molecule has 0 radical (unpaired) electrons. The predicted octanol–water partition coefficient (Wildman–Crippen LogP) is 2.46. The van der Waals surface area contributed by atoms with E-state index in [9.17, 15) is 4.79 Å². The van der Waals surface area contributed by atoms with Gasteiger partial charge in [-0.05, 0) is 19.1 Å². The molecule has 1 N–H and O–H groups in total. The fourth-order valence-electron chi connectivity index (χ4n) is 1.91. The van der Waals surface area contributed by atoms with Gasteiger partial charge in [-0.15, -0.1) is 11.3 Å². The van der Waals surface area contributed by atoms with Gasteiger partial charge < -0.3 is 10.2 Å². The van der Waals surface area contributed by atoms with Crippen molar-refractivity contribution in [3.05, 3.63) is 21.3 Å². The van der Waals surface area contributed by atoms with Gasteiger partial charge in [0.25, 0.3) is 0 Å². The maximum atomic E-state index is 12.4. The molecule has 0 saturated carbocycles. The summed E-state index contributed by atoms with van der Waals surface area (Å²) in [6, 6.07) is 3.85. The third-order valence-corrected chi connectivity index (χ3v) is 5.17. The van der Waals surface area contributed by atoms with E-state index in [0.717, 1.165) is 33.8 Å². The van der Waals surface area contributed by atoms with Crippen molar-refractivity contribution in [2.24, 2.45) is 0 Å². The fourth-order valence-corrected chi connectivity index (χ4v) is 3.94. The maximum Gasteiger partial charge on any atom is 0.240 e. The quantitative estimate of drug-likeness (QED) is 0.927. The minimum Gasteiger partial charge on any atom is -0.336 e. The van der Waals surface area contributed by atoms with E-state index in [1.165, 1.54) is 0 Å². The molecule has 1 aromatic rings. The van der Waals surface area contributed by atoms with Gasteiger partial charge in [0, 0.05) is 29.5 Å². The highest BCUT2D eigenvalue weighted by molar-refractivity contribution is 7.99. The number of likely N-dealkylation sites (N-methyl/N-ethyl adjacent to an activating group) is 1. The van der Waals surface area contributed by atoms with Gasteiger partial charge in [0.1, 0.15) is 0 Å². The van der Waals surface area contributed by atoms with Crippen LogP contribution in [0.1, 0.15) is 11.8 Å². The van der Waals surface area contributed by atoms with Crippen molar-refractivity contribution in [2.45, 2.75) is 19.5 Å². The number of hydrogen-bond acceptors (Lipinski definition) is 4. The summed E-state index contributed by atoms with van der Waals surface area (Å²) in [4.78, 5) is 15.4. The van der Waals surface area contributed by atoms with Gasteiger partial charge in [0.05, 0.1) is 16.9 Å². The Labute approximate surface area is 121 Å². The molecule has 1 saturated heterocycles. The Hall–Kier alpha value is -0.230. The third kappa shape index (κ3) is 3.63. The molecule has 2 rings (SSSR count). The van der Waals surface area contributed by atoms with Crippen LogP contribution in [0.4, 0.5) is 0 Å². The van der Waals surface area contributed by atoms with E-state index in [2.05, 4.69) is 5.32 Å². The molecule has 1 aliphatic heterocycles. The van der Waals surface area contributed by atoms with Crippen molar-refractivity contribution < 1.29 is 4.79 Å². The number of carbonyl (C=O) groups is 1. The van der Waals surface area contributed by atoms with Crippen LogP contribution in [-0.2, 0) is 11.3 Å². The number of halogens is 1. The summed E-state index contributed by atoms with van der Waals surface area (Å²) in [5.74, 6) is 2.17. The van der Waals surface area contributed by atoms with Crippen molar-refractivity contribution >= 4 is 40.6 Å². The van der Waals surface area contributed by atoms with E-state index in [4.69, 9.17) is 11.6 Å². The topological polar surface area (TPSA) is 32.3 Å². The number of thiophene rings is 1. The first kappa shape index (κ1) is 14.2. The fraction of sp³-hybridized carbons (Fsp3) is 0.583. The largest absolute Gasteiger partial charge is 0.336 e. The molecule has 1 fully saturated rings. The summed E-state index contributed by atoms with van der Waals surface area (Å²) in [6.07, 6.45) is 0. The molecular formula is C12H17ClN2OS2. The lowest BCUT2D eigenvalue weighted by molar-refractivity contribution is -0.133. The van der Waals surface area contributed by atoms with Crippen LogP contribution in [0.25, 0.3) is 0 Å². The first-order valence-electron chi connectivity index (χ1n) is 6.05. The van der Waals surface area contributed by atoms with Crippen LogP contribution in [0.3, 0.4) is 0 Å². The van der Waals surface area contributed by atoms with Gasteiger partial charge in [0.2, 0.25) is 5.91 Å². The molecule has 0 aliphatic carbocycles. The second kappa shape index (κ2) is 6.80. The molecule has 1 atom stereocenters. The number of rotatable bonds is 4. The van der Waals surface area contributed by atoms with Crippen molar-refractivity contribution in [3.63, 3.8) is 0 Å². The zero-order valence-corrected chi connectivity index (χ0v) is 12.7. The average Bonchev–Trinajstić information content (AvgIpc) is 2.82. The molecule has 3 nitrogen and oxygen atoms in total. The maximum absolute atomic E-state index is 12.4. The molecule has 1 amide bonds. The Kier molecular flexibility index (Phi) is 5.36. The van der Waals surface area contributed by atoms with Crippen molar-refractivity contribution in [2.75, 3.05) is 24.6 Å². The first-order valence-corrected chi connectivity index (χ1v) is 8.39. The SMILES string of the molecule is CCN(Cc1ccc(Cl)s1)C(=O)C1CSCCN1. The van der Waals surface area contributed by atoms with Crippen LogP contribution in [0.5, 0.6) is 0 Å². The monoisotopic (exact) mass is 304 g/mol.